The summed E-state index contributed by atoms with van der Waals surface area (Å²) in [6.45, 7) is 2.22. The molecular weight excluding hydrogens is 266 g/mol. The maximum atomic E-state index is 11.3. The van der Waals surface area contributed by atoms with Gasteiger partial charge in [0.05, 0.1) is 10.00 Å². The average molecular weight is 279 g/mol. The summed E-state index contributed by atoms with van der Waals surface area (Å²) in [6.07, 6.45) is 0.578. The molecule has 0 fully saturated rings. The normalized spacial score (nSPS) is 11.6. The number of thiocarbonyl (C=S) groups is 1. The number of thiazole rings is 1. The van der Waals surface area contributed by atoms with Crippen LogP contribution < -0.4 is 10.5 Å². The smallest absolute Gasteiger partial charge is 0.218 e. The Morgan fingerprint density at radius 2 is 2.38 bits per heavy atom. The fraction of sp³-hybridized carbons (Fsp3) is 0.500. The molecule has 0 aliphatic carbocycles. The molecule has 0 spiro atoms. The van der Waals surface area contributed by atoms with Crippen LogP contribution in [0.1, 0.15) is 10.7 Å². The molecule has 0 saturated heterocycles. The Morgan fingerprint density at radius 1 is 1.69 bits per heavy atom. The lowest BCUT2D eigenvalue weighted by Crippen LogP contribution is -2.33. The standard InChI is InChI=1S/C8H13N3O2S3/c1-6-4-15-8(11-6)2-3-10-16(12,13)5-7(9)14/h4,10H,2-3,5H2,1H3,(H2,9,14). The van der Waals surface area contributed by atoms with Crippen molar-refractivity contribution in [3.8, 4) is 0 Å². The molecule has 0 bridgehead atoms. The van der Waals surface area contributed by atoms with Gasteiger partial charge >= 0.3 is 0 Å². The van der Waals surface area contributed by atoms with Gasteiger partial charge in [0.2, 0.25) is 10.0 Å². The minimum absolute atomic E-state index is 0.0300. The van der Waals surface area contributed by atoms with Crippen LogP contribution in [0.15, 0.2) is 5.38 Å². The van der Waals surface area contributed by atoms with Gasteiger partial charge in [0, 0.05) is 24.0 Å². The lowest BCUT2D eigenvalue weighted by molar-refractivity contribution is 0.585. The molecule has 0 aromatic carbocycles. The lowest BCUT2D eigenvalue weighted by Gasteiger charge is -2.03. The van der Waals surface area contributed by atoms with Crippen molar-refractivity contribution in [1.29, 1.82) is 0 Å². The van der Waals surface area contributed by atoms with E-state index in [1.165, 1.54) is 11.3 Å². The van der Waals surface area contributed by atoms with Gasteiger partial charge in [0.25, 0.3) is 0 Å². The van der Waals surface area contributed by atoms with Crippen LogP contribution in [-0.2, 0) is 16.4 Å². The van der Waals surface area contributed by atoms with Crippen molar-refractivity contribution < 1.29 is 8.42 Å². The number of nitrogens with two attached hydrogens (primary N) is 1. The zero-order valence-corrected chi connectivity index (χ0v) is 11.2. The predicted molar refractivity (Wildman–Crippen MR) is 69.1 cm³/mol. The van der Waals surface area contributed by atoms with Gasteiger partial charge in [-0.3, -0.25) is 0 Å². The van der Waals surface area contributed by atoms with Crippen LogP contribution in [0.2, 0.25) is 0 Å². The molecule has 16 heavy (non-hydrogen) atoms. The fourth-order valence-electron chi connectivity index (χ4n) is 1.07. The van der Waals surface area contributed by atoms with Crippen molar-refractivity contribution in [2.24, 2.45) is 5.73 Å². The molecule has 0 radical (unpaired) electrons. The van der Waals surface area contributed by atoms with Crippen LogP contribution >= 0.6 is 23.6 Å². The molecular formula is C8H13N3O2S3. The van der Waals surface area contributed by atoms with E-state index in [1.54, 1.807) is 0 Å². The number of nitrogens with one attached hydrogen (secondary N) is 1. The van der Waals surface area contributed by atoms with E-state index < -0.39 is 10.0 Å². The highest BCUT2D eigenvalue weighted by Crippen LogP contribution is 2.08. The minimum atomic E-state index is -3.38. The zero-order valence-electron chi connectivity index (χ0n) is 8.76. The summed E-state index contributed by atoms with van der Waals surface area (Å²) in [7, 11) is -3.38. The number of aryl methyl sites for hydroxylation is 1. The van der Waals surface area contributed by atoms with Crippen molar-refractivity contribution in [3.63, 3.8) is 0 Å². The molecule has 1 aromatic rings. The molecule has 1 heterocycles. The lowest BCUT2D eigenvalue weighted by atomic mass is 10.4. The molecule has 0 aliphatic heterocycles. The van der Waals surface area contributed by atoms with Gasteiger partial charge in [-0.2, -0.15) is 0 Å². The van der Waals surface area contributed by atoms with Crippen LogP contribution in [0, 0.1) is 6.92 Å². The Balaban J connectivity index is 2.38. The van der Waals surface area contributed by atoms with Crippen LogP contribution in [0.5, 0.6) is 0 Å². The average Bonchev–Trinajstić information content (AvgIpc) is 2.48. The summed E-state index contributed by atoms with van der Waals surface area (Å²) in [5.74, 6) is -0.306. The van der Waals surface area contributed by atoms with E-state index in [-0.39, 0.29) is 10.7 Å². The molecule has 0 saturated carbocycles. The second-order valence-electron chi connectivity index (χ2n) is 3.25. The van der Waals surface area contributed by atoms with Crippen molar-refractivity contribution in [3.05, 3.63) is 16.1 Å². The third kappa shape index (κ3) is 4.97. The van der Waals surface area contributed by atoms with Gasteiger partial charge in [-0.15, -0.1) is 11.3 Å². The summed E-state index contributed by atoms with van der Waals surface area (Å²) in [5.41, 5.74) is 6.12. The second kappa shape index (κ2) is 5.67. The monoisotopic (exact) mass is 279 g/mol. The highest BCUT2D eigenvalue weighted by atomic mass is 32.2. The largest absolute Gasteiger partial charge is 0.392 e. The predicted octanol–water partition coefficient (Wildman–Crippen LogP) is 0.200. The number of hydrogen-bond donors (Lipinski definition) is 2. The molecule has 3 N–H and O–H groups in total. The van der Waals surface area contributed by atoms with Crippen LogP contribution in [0.4, 0.5) is 0 Å². The number of sulfonamides is 1. The van der Waals surface area contributed by atoms with Crippen LogP contribution in [0.3, 0.4) is 0 Å². The molecule has 1 rings (SSSR count). The van der Waals surface area contributed by atoms with Crippen LogP contribution in [0.25, 0.3) is 0 Å². The van der Waals surface area contributed by atoms with Gasteiger partial charge in [-0.05, 0) is 6.92 Å². The van der Waals surface area contributed by atoms with E-state index in [0.717, 1.165) is 10.7 Å². The number of nitrogens with zero attached hydrogens (tertiary/aromatic N) is 1. The SMILES string of the molecule is Cc1csc(CCNS(=O)(=O)CC(N)=S)n1. The van der Waals surface area contributed by atoms with Gasteiger partial charge in [-0.1, -0.05) is 12.2 Å². The molecule has 90 valence electrons. The summed E-state index contributed by atoms with van der Waals surface area (Å²) in [6, 6.07) is 0. The number of hydrogen-bond acceptors (Lipinski definition) is 5. The van der Waals surface area contributed by atoms with Gasteiger partial charge < -0.3 is 5.73 Å². The minimum Gasteiger partial charge on any atom is -0.392 e. The Hall–Kier alpha value is -0.570. The van der Waals surface area contributed by atoms with Crippen molar-refractivity contribution >= 4 is 38.6 Å². The van der Waals surface area contributed by atoms with Crippen molar-refractivity contribution in [1.82, 2.24) is 9.71 Å². The Labute approximate surface area is 104 Å². The first-order chi connectivity index (χ1) is 7.39. The topological polar surface area (TPSA) is 85.1 Å². The van der Waals surface area contributed by atoms with E-state index in [4.69, 9.17) is 5.73 Å². The van der Waals surface area contributed by atoms with E-state index in [1.807, 2.05) is 12.3 Å². The maximum Gasteiger partial charge on any atom is 0.218 e. The highest BCUT2D eigenvalue weighted by molar-refractivity contribution is 7.92. The maximum absolute atomic E-state index is 11.3. The number of aromatic nitrogens is 1. The summed E-state index contributed by atoms with van der Waals surface area (Å²) in [4.78, 5) is 4.19. The third-order valence-corrected chi connectivity index (χ3v) is 4.35. The molecule has 0 amide bonds. The molecule has 0 aliphatic rings. The van der Waals surface area contributed by atoms with Crippen molar-refractivity contribution in [2.75, 3.05) is 12.3 Å². The molecule has 8 heteroatoms. The van der Waals surface area contributed by atoms with E-state index in [9.17, 15) is 8.42 Å². The van der Waals surface area contributed by atoms with E-state index in [0.29, 0.717) is 13.0 Å². The summed E-state index contributed by atoms with van der Waals surface area (Å²) >= 11 is 6.06. The van der Waals surface area contributed by atoms with Crippen molar-refractivity contribution in [2.45, 2.75) is 13.3 Å². The Kier molecular flexibility index (Phi) is 4.78. The molecule has 0 atom stereocenters. The summed E-state index contributed by atoms with van der Waals surface area (Å²) < 4.78 is 25.1. The van der Waals surface area contributed by atoms with Gasteiger partial charge in [-0.25, -0.2) is 18.1 Å². The Morgan fingerprint density at radius 3 is 2.88 bits per heavy atom. The summed E-state index contributed by atoms with van der Waals surface area (Å²) in [5, 5.41) is 2.84. The molecule has 5 nitrogen and oxygen atoms in total. The molecule has 0 unspecified atom stereocenters. The van der Waals surface area contributed by atoms with E-state index in [2.05, 4.69) is 21.9 Å². The third-order valence-electron chi connectivity index (χ3n) is 1.66. The first-order valence-electron chi connectivity index (χ1n) is 4.56. The quantitative estimate of drug-likeness (QED) is 0.727. The van der Waals surface area contributed by atoms with E-state index >= 15 is 0 Å². The molecule has 1 aromatic heterocycles. The van der Waals surface area contributed by atoms with Gasteiger partial charge in [0.1, 0.15) is 5.75 Å². The number of rotatable bonds is 6. The fourth-order valence-corrected chi connectivity index (χ4v) is 3.20. The van der Waals surface area contributed by atoms with Crippen LogP contribution in [-0.4, -0.2) is 30.7 Å². The highest BCUT2D eigenvalue weighted by Gasteiger charge is 2.11. The second-order valence-corrected chi connectivity index (χ2v) is 6.53. The van der Waals surface area contributed by atoms with Gasteiger partial charge in [0.15, 0.2) is 0 Å². The Bertz CT molecular complexity index is 467. The first kappa shape index (κ1) is 13.5. The first-order valence-corrected chi connectivity index (χ1v) is 7.50. The zero-order chi connectivity index (χ0) is 12.2.